The first-order valence-electron chi connectivity index (χ1n) is 7.37. The van der Waals surface area contributed by atoms with Crippen LogP contribution in [0.2, 0.25) is 0 Å². The molecule has 2 fully saturated rings. The maximum Gasteiger partial charge on any atom is 0.120 e. The summed E-state index contributed by atoms with van der Waals surface area (Å²) in [7, 11) is 0. The van der Waals surface area contributed by atoms with Crippen molar-refractivity contribution < 1.29 is 4.74 Å². The molecule has 1 aliphatic heterocycles. The average Bonchev–Trinajstić information content (AvgIpc) is 2.44. The fourth-order valence-electron chi connectivity index (χ4n) is 3.21. The fraction of sp³-hybridized carbons (Fsp3) is 0.625. The van der Waals surface area contributed by atoms with Crippen LogP contribution >= 0.6 is 11.8 Å². The molecule has 0 amide bonds. The van der Waals surface area contributed by atoms with Gasteiger partial charge in [-0.2, -0.15) is 11.8 Å². The van der Waals surface area contributed by atoms with Crippen LogP contribution in [0.3, 0.4) is 0 Å². The lowest BCUT2D eigenvalue weighted by atomic mass is 9.69. The lowest BCUT2D eigenvalue weighted by molar-refractivity contribution is 0.238. The summed E-state index contributed by atoms with van der Waals surface area (Å²) in [5.74, 6) is 3.29. The smallest absolute Gasteiger partial charge is 0.120 e. The third kappa shape index (κ3) is 2.77. The summed E-state index contributed by atoms with van der Waals surface area (Å²) < 4.78 is 6.01. The first-order chi connectivity index (χ1) is 9.32. The maximum atomic E-state index is 6.11. The van der Waals surface area contributed by atoms with Crippen LogP contribution in [0.15, 0.2) is 24.3 Å². The second-order valence-corrected chi connectivity index (χ2v) is 6.93. The minimum absolute atomic E-state index is 0.200. The van der Waals surface area contributed by atoms with Crippen molar-refractivity contribution >= 4 is 11.8 Å². The second kappa shape index (κ2) is 5.76. The number of hydrogen-bond acceptors (Lipinski definition) is 3. The van der Waals surface area contributed by atoms with Crippen LogP contribution in [0.5, 0.6) is 5.75 Å². The van der Waals surface area contributed by atoms with E-state index in [0.29, 0.717) is 6.10 Å². The number of rotatable bonds is 4. The van der Waals surface area contributed by atoms with Crippen LogP contribution in [-0.2, 0) is 5.41 Å². The number of ether oxygens (including phenoxy) is 1. The SMILES string of the molecule is NCC1(c2cccc(OC3CSC3)c2)CCCCC1. The highest BCUT2D eigenvalue weighted by atomic mass is 32.2. The Kier molecular flexibility index (Phi) is 4.04. The van der Waals surface area contributed by atoms with E-state index in [1.165, 1.54) is 37.7 Å². The van der Waals surface area contributed by atoms with Gasteiger partial charge in [0.05, 0.1) is 0 Å². The van der Waals surface area contributed by atoms with Crippen molar-refractivity contribution in [1.29, 1.82) is 0 Å². The predicted octanol–water partition coefficient (Wildman–Crippen LogP) is 3.34. The predicted molar refractivity (Wildman–Crippen MR) is 82.0 cm³/mol. The van der Waals surface area contributed by atoms with Gasteiger partial charge >= 0.3 is 0 Å². The Bertz CT molecular complexity index is 425. The van der Waals surface area contributed by atoms with Gasteiger partial charge < -0.3 is 10.5 Å². The van der Waals surface area contributed by atoms with Crippen molar-refractivity contribution in [2.75, 3.05) is 18.1 Å². The van der Waals surface area contributed by atoms with Gasteiger partial charge in [0.25, 0.3) is 0 Å². The molecule has 1 aliphatic carbocycles. The van der Waals surface area contributed by atoms with E-state index in [0.717, 1.165) is 23.8 Å². The Hall–Kier alpha value is -0.670. The second-order valence-electron chi connectivity index (χ2n) is 5.85. The Morgan fingerprint density at radius 1 is 1.21 bits per heavy atom. The summed E-state index contributed by atoms with van der Waals surface area (Å²) >= 11 is 1.96. The van der Waals surface area contributed by atoms with E-state index in [1.54, 1.807) is 0 Å². The molecule has 0 unspecified atom stereocenters. The molecule has 0 radical (unpaired) electrons. The highest BCUT2D eigenvalue weighted by Crippen LogP contribution is 2.39. The van der Waals surface area contributed by atoms with Crippen molar-refractivity contribution in [2.24, 2.45) is 5.73 Å². The lowest BCUT2D eigenvalue weighted by Crippen LogP contribution is -2.37. The van der Waals surface area contributed by atoms with Gasteiger partial charge in [-0.3, -0.25) is 0 Å². The fourth-order valence-corrected chi connectivity index (χ4v) is 3.78. The summed E-state index contributed by atoms with van der Waals surface area (Å²) in [6.45, 7) is 0.760. The van der Waals surface area contributed by atoms with E-state index in [9.17, 15) is 0 Å². The largest absolute Gasteiger partial charge is 0.489 e. The molecule has 2 aliphatic rings. The molecule has 19 heavy (non-hydrogen) atoms. The molecule has 104 valence electrons. The molecule has 2 N–H and O–H groups in total. The molecule has 0 aromatic heterocycles. The molecule has 0 atom stereocenters. The topological polar surface area (TPSA) is 35.2 Å². The minimum Gasteiger partial charge on any atom is -0.489 e. The minimum atomic E-state index is 0.200. The molecular formula is C16H23NOS. The van der Waals surface area contributed by atoms with Gasteiger partial charge in [-0.25, -0.2) is 0 Å². The molecule has 3 heteroatoms. The molecule has 1 aromatic carbocycles. The van der Waals surface area contributed by atoms with Gasteiger partial charge in [0.15, 0.2) is 0 Å². The molecule has 0 bridgehead atoms. The normalized spacial score (nSPS) is 22.8. The Labute approximate surface area is 120 Å². The Morgan fingerprint density at radius 2 is 2.00 bits per heavy atom. The van der Waals surface area contributed by atoms with Crippen LogP contribution in [-0.4, -0.2) is 24.2 Å². The third-order valence-electron chi connectivity index (χ3n) is 4.56. The zero-order valence-electron chi connectivity index (χ0n) is 11.4. The first-order valence-corrected chi connectivity index (χ1v) is 8.53. The van der Waals surface area contributed by atoms with E-state index >= 15 is 0 Å². The number of thioether (sulfide) groups is 1. The van der Waals surface area contributed by atoms with E-state index in [4.69, 9.17) is 10.5 Å². The molecule has 3 rings (SSSR count). The van der Waals surface area contributed by atoms with Crippen LogP contribution in [0, 0.1) is 0 Å². The monoisotopic (exact) mass is 277 g/mol. The van der Waals surface area contributed by atoms with Crippen molar-refractivity contribution in [3.63, 3.8) is 0 Å². The first kappa shape index (κ1) is 13.3. The van der Waals surface area contributed by atoms with Gasteiger partial charge in [-0.15, -0.1) is 0 Å². The van der Waals surface area contributed by atoms with Crippen molar-refractivity contribution in [1.82, 2.24) is 0 Å². The van der Waals surface area contributed by atoms with E-state index in [-0.39, 0.29) is 5.41 Å². The molecule has 1 saturated carbocycles. The van der Waals surface area contributed by atoms with Crippen LogP contribution in [0.1, 0.15) is 37.7 Å². The zero-order chi connectivity index (χ0) is 13.1. The van der Waals surface area contributed by atoms with Gasteiger partial charge in [-0.1, -0.05) is 31.4 Å². The molecule has 1 heterocycles. The van der Waals surface area contributed by atoms with Crippen LogP contribution in [0.25, 0.3) is 0 Å². The summed E-state index contributed by atoms with van der Waals surface area (Å²) in [5.41, 5.74) is 7.70. The highest BCUT2D eigenvalue weighted by molar-refractivity contribution is 8.00. The third-order valence-corrected chi connectivity index (χ3v) is 5.77. The highest BCUT2D eigenvalue weighted by Gasteiger charge is 2.32. The summed E-state index contributed by atoms with van der Waals surface area (Å²) in [6, 6.07) is 8.68. The Balaban J connectivity index is 1.80. The Morgan fingerprint density at radius 3 is 2.63 bits per heavy atom. The number of hydrogen-bond donors (Lipinski definition) is 1. The standard InChI is InChI=1S/C16H23NOS/c17-12-16(7-2-1-3-8-16)13-5-4-6-14(9-13)18-15-10-19-11-15/h4-6,9,15H,1-3,7-8,10-12,17H2. The summed E-state index contributed by atoms with van der Waals surface area (Å²) in [6.07, 6.45) is 6.85. The number of nitrogens with two attached hydrogens (primary N) is 1. The van der Waals surface area contributed by atoms with E-state index < -0.39 is 0 Å². The molecule has 0 spiro atoms. The van der Waals surface area contributed by atoms with Crippen LogP contribution < -0.4 is 10.5 Å². The van der Waals surface area contributed by atoms with E-state index in [1.807, 2.05) is 11.8 Å². The molecule has 1 aromatic rings. The van der Waals surface area contributed by atoms with Crippen molar-refractivity contribution in [3.8, 4) is 5.75 Å². The summed E-state index contributed by atoms with van der Waals surface area (Å²) in [4.78, 5) is 0. The van der Waals surface area contributed by atoms with E-state index in [2.05, 4.69) is 24.3 Å². The van der Waals surface area contributed by atoms with Gasteiger partial charge in [0.2, 0.25) is 0 Å². The average molecular weight is 277 g/mol. The van der Waals surface area contributed by atoms with Crippen LogP contribution in [0.4, 0.5) is 0 Å². The number of benzene rings is 1. The van der Waals surface area contributed by atoms with Gasteiger partial charge in [-0.05, 0) is 30.5 Å². The van der Waals surface area contributed by atoms with Gasteiger partial charge in [0, 0.05) is 23.5 Å². The molecular weight excluding hydrogens is 254 g/mol. The quantitative estimate of drug-likeness (QED) is 0.916. The molecule has 2 nitrogen and oxygen atoms in total. The van der Waals surface area contributed by atoms with Crippen molar-refractivity contribution in [2.45, 2.75) is 43.6 Å². The lowest BCUT2D eigenvalue weighted by Gasteiger charge is -2.37. The van der Waals surface area contributed by atoms with Crippen molar-refractivity contribution in [3.05, 3.63) is 29.8 Å². The summed E-state index contributed by atoms with van der Waals surface area (Å²) in [5, 5.41) is 0. The molecule has 1 saturated heterocycles. The maximum absolute atomic E-state index is 6.11. The van der Waals surface area contributed by atoms with Gasteiger partial charge in [0.1, 0.15) is 11.9 Å². The zero-order valence-corrected chi connectivity index (χ0v) is 12.3.